The van der Waals surface area contributed by atoms with E-state index in [0.29, 0.717) is 23.1 Å². The molecule has 0 aromatic heterocycles. The molecule has 1 atom stereocenters. The molecule has 34 heavy (non-hydrogen) atoms. The summed E-state index contributed by atoms with van der Waals surface area (Å²) in [5, 5.41) is 3.34. The zero-order chi connectivity index (χ0) is 24.5. The average Bonchev–Trinajstić information content (AvgIpc) is 2.86. The molecule has 3 rings (SSSR count). The lowest BCUT2D eigenvalue weighted by Crippen LogP contribution is -2.48. The normalized spacial score (nSPS) is 11.4. The highest BCUT2D eigenvalue weighted by molar-refractivity contribution is 6.32. The van der Waals surface area contributed by atoms with Crippen LogP contribution in [0.2, 0.25) is 5.02 Å². The Morgan fingerprint density at radius 3 is 2.26 bits per heavy atom. The largest absolute Gasteiger partial charge is 0.497 e. The first-order valence-corrected chi connectivity index (χ1v) is 11.4. The van der Waals surface area contributed by atoms with Gasteiger partial charge in [-0.3, -0.25) is 9.59 Å². The van der Waals surface area contributed by atoms with Crippen molar-refractivity contribution in [3.63, 3.8) is 0 Å². The predicted octanol–water partition coefficient (Wildman–Crippen LogP) is 4.77. The number of nitrogens with one attached hydrogen (secondary N) is 1. The summed E-state index contributed by atoms with van der Waals surface area (Å²) in [6.45, 7) is 4.10. The maximum Gasteiger partial charge on any atom is 0.261 e. The average molecular weight is 481 g/mol. The summed E-state index contributed by atoms with van der Waals surface area (Å²) in [7, 11) is 1.59. The van der Waals surface area contributed by atoms with Crippen LogP contribution in [0.5, 0.6) is 11.5 Å². The van der Waals surface area contributed by atoms with E-state index in [0.717, 1.165) is 16.7 Å². The maximum absolute atomic E-state index is 13.2. The van der Waals surface area contributed by atoms with Crippen LogP contribution in [0.4, 0.5) is 0 Å². The third kappa shape index (κ3) is 6.99. The van der Waals surface area contributed by atoms with Crippen LogP contribution < -0.4 is 14.8 Å². The number of methoxy groups -OCH3 is 1. The van der Waals surface area contributed by atoms with Gasteiger partial charge in [-0.15, -0.1) is 0 Å². The lowest BCUT2D eigenvalue weighted by atomic mass is 10.1. The molecule has 178 valence electrons. The van der Waals surface area contributed by atoms with Crippen molar-refractivity contribution < 1.29 is 19.1 Å². The van der Waals surface area contributed by atoms with Crippen molar-refractivity contribution in [2.45, 2.75) is 33.0 Å². The van der Waals surface area contributed by atoms with Crippen LogP contribution in [-0.4, -0.2) is 36.5 Å². The first-order valence-electron chi connectivity index (χ1n) is 11.0. The molecule has 0 saturated heterocycles. The predicted molar refractivity (Wildman–Crippen MR) is 133 cm³/mol. The number of nitrogens with zero attached hydrogens (tertiary/aromatic N) is 1. The minimum absolute atomic E-state index is 0.241. The van der Waals surface area contributed by atoms with Gasteiger partial charge in [-0.25, -0.2) is 0 Å². The second-order valence-electron chi connectivity index (χ2n) is 7.97. The first-order chi connectivity index (χ1) is 16.4. The van der Waals surface area contributed by atoms with Gasteiger partial charge in [0.25, 0.3) is 5.91 Å². The number of carbonyl (C=O) groups excluding carboxylic acids is 2. The van der Waals surface area contributed by atoms with Crippen molar-refractivity contribution in [1.29, 1.82) is 0 Å². The molecule has 3 aromatic rings. The SMILES string of the molecule is COc1ccc(CN(C(=O)COc2ccccc2Cl)C(C)C(=O)NCc2ccc(C)cc2)cc1. The number of rotatable bonds is 10. The number of hydrogen-bond acceptors (Lipinski definition) is 4. The lowest BCUT2D eigenvalue weighted by molar-refractivity contribution is -0.142. The standard InChI is InChI=1S/C27H29ClN2O4/c1-19-8-10-21(11-9-19)16-29-27(32)20(2)30(17-22-12-14-23(33-3)15-13-22)26(31)18-34-25-7-5-4-6-24(25)28/h4-15,20H,16-18H2,1-3H3,(H,29,32). The minimum atomic E-state index is -0.713. The molecule has 6 nitrogen and oxygen atoms in total. The Morgan fingerprint density at radius 2 is 1.62 bits per heavy atom. The molecule has 0 aliphatic carbocycles. The van der Waals surface area contributed by atoms with E-state index in [1.165, 1.54) is 4.90 Å². The smallest absolute Gasteiger partial charge is 0.261 e. The van der Waals surface area contributed by atoms with Gasteiger partial charge >= 0.3 is 0 Å². The number of ether oxygens (including phenoxy) is 2. The van der Waals surface area contributed by atoms with Crippen molar-refractivity contribution in [3.05, 3.63) is 94.5 Å². The van der Waals surface area contributed by atoms with Crippen LogP contribution >= 0.6 is 11.6 Å². The van der Waals surface area contributed by atoms with Crippen LogP contribution in [0.15, 0.2) is 72.8 Å². The van der Waals surface area contributed by atoms with Crippen molar-refractivity contribution in [3.8, 4) is 11.5 Å². The summed E-state index contributed by atoms with van der Waals surface area (Å²) in [4.78, 5) is 27.6. The van der Waals surface area contributed by atoms with Gasteiger partial charge in [0.2, 0.25) is 5.91 Å². The topological polar surface area (TPSA) is 67.9 Å². The van der Waals surface area contributed by atoms with E-state index in [-0.39, 0.29) is 25.0 Å². The molecule has 3 aromatic carbocycles. The van der Waals surface area contributed by atoms with Gasteiger partial charge in [0, 0.05) is 13.1 Å². The number of carbonyl (C=O) groups is 2. The second-order valence-corrected chi connectivity index (χ2v) is 8.38. The van der Waals surface area contributed by atoms with Crippen LogP contribution in [0.1, 0.15) is 23.6 Å². The molecule has 0 bridgehead atoms. The number of aryl methyl sites for hydroxylation is 1. The van der Waals surface area contributed by atoms with E-state index in [1.807, 2.05) is 55.5 Å². The molecule has 0 saturated carbocycles. The molecular weight excluding hydrogens is 452 g/mol. The summed E-state index contributed by atoms with van der Waals surface area (Å²) in [6.07, 6.45) is 0. The zero-order valence-corrected chi connectivity index (χ0v) is 20.3. The molecule has 0 aliphatic rings. The van der Waals surface area contributed by atoms with Crippen LogP contribution in [0, 0.1) is 6.92 Å². The van der Waals surface area contributed by atoms with Crippen molar-refractivity contribution in [2.24, 2.45) is 0 Å². The molecule has 0 aliphatic heterocycles. The Labute approximate surface area is 205 Å². The molecule has 1 unspecified atom stereocenters. The van der Waals surface area contributed by atoms with E-state index in [9.17, 15) is 9.59 Å². The Balaban J connectivity index is 1.71. The van der Waals surface area contributed by atoms with E-state index in [1.54, 1.807) is 38.3 Å². The van der Waals surface area contributed by atoms with Crippen molar-refractivity contribution in [2.75, 3.05) is 13.7 Å². The highest BCUT2D eigenvalue weighted by atomic mass is 35.5. The molecule has 0 fully saturated rings. The number of benzene rings is 3. The van der Waals surface area contributed by atoms with Gasteiger partial charge in [-0.2, -0.15) is 0 Å². The van der Waals surface area contributed by atoms with E-state index < -0.39 is 6.04 Å². The summed E-state index contributed by atoms with van der Waals surface area (Å²) < 4.78 is 10.9. The quantitative estimate of drug-likeness (QED) is 0.454. The third-order valence-electron chi connectivity index (χ3n) is 5.45. The molecule has 0 heterocycles. The Kier molecular flexibility index (Phi) is 8.93. The van der Waals surface area contributed by atoms with Crippen LogP contribution in [-0.2, 0) is 22.7 Å². The molecule has 1 N–H and O–H groups in total. The number of para-hydroxylation sites is 1. The first kappa shape index (κ1) is 25.1. The highest BCUT2D eigenvalue weighted by Gasteiger charge is 2.26. The Bertz CT molecular complexity index is 1100. The zero-order valence-electron chi connectivity index (χ0n) is 19.6. The summed E-state index contributed by atoms with van der Waals surface area (Å²) in [6, 6.07) is 21.5. The van der Waals surface area contributed by atoms with Crippen LogP contribution in [0.25, 0.3) is 0 Å². The Hall–Kier alpha value is -3.51. The molecule has 0 spiro atoms. The van der Waals surface area contributed by atoms with Gasteiger partial charge in [0.15, 0.2) is 6.61 Å². The molecule has 0 radical (unpaired) electrons. The monoisotopic (exact) mass is 480 g/mol. The number of hydrogen-bond donors (Lipinski definition) is 1. The fourth-order valence-electron chi connectivity index (χ4n) is 3.34. The Morgan fingerprint density at radius 1 is 0.971 bits per heavy atom. The van der Waals surface area contributed by atoms with Gasteiger partial charge in [0.05, 0.1) is 12.1 Å². The van der Waals surface area contributed by atoms with Gasteiger partial charge in [-0.1, -0.05) is 65.7 Å². The van der Waals surface area contributed by atoms with E-state index >= 15 is 0 Å². The fraction of sp³-hybridized carbons (Fsp3) is 0.259. The van der Waals surface area contributed by atoms with Gasteiger partial charge in [-0.05, 0) is 49.2 Å². The van der Waals surface area contributed by atoms with Crippen LogP contribution in [0.3, 0.4) is 0 Å². The number of halogens is 1. The maximum atomic E-state index is 13.2. The van der Waals surface area contributed by atoms with E-state index in [4.69, 9.17) is 21.1 Å². The highest BCUT2D eigenvalue weighted by Crippen LogP contribution is 2.23. The fourth-order valence-corrected chi connectivity index (χ4v) is 3.53. The summed E-state index contributed by atoms with van der Waals surface area (Å²) in [5.41, 5.74) is 3.00. The molecular formula is C27H29ClN2O4. The summed E-state index contributed by atoms with van der Waals surface area (Å²) in [5.74, 6) is 0.555. The molecule has 7 heteroatoms. The third-order valence-corrected chi connectivity index (χ3v) is 5.77. The summed E-state index contributed by atoms with van der Waals surface area (Å²) >= 11 is 6.14. The van der Waals surface area contributed by atoms with E-state index in [2.05, 4.69) is 5.32 Å². The minimum Gasteiger partial charge on any atom is -0.497 e. The lowest BCUT2D eigenvalue weighted by Gasteiger charge is -2.29. The van der Waals surface area contributed by atoms with Gasteiger partial charge in [0.1, 0.15) is 17.5 Å². The van der Waals surface area contributed by atoms with Crippen molar-refractivity contribution >= 4 is 23.4 Å². The molecule has 2 amide bonds. The van der Waals surface area contributed by atoms with Crippen molar-refractivity contribution in [1.82, 2.24) is 10.2 Å². The second kappa shape index (κ2) is 12.1. The number of amides is 2. The van der Waals surface area contributed by atoms with Gasteiger partial charge < -0.3 is 19.7 Å².